The first-order chi connectivity index (χ1) is 14.9. The number of unbranched alkanes of at least 4 members (excludes halogenated alkanes) is 1. The Morgan fingerprint density at radius 1 is 1.06 bits per heavy atom. The molecule has 0 fully saturated rings. The van der Waals surface area contributed by atoms with Gasteiger partial charge >= 0.3 is 6.18 Å². The average Bonchev–Trinajstić information content (AvgIpc) is 2.75. The van der Waals surface area contributed by atoms with Crippen LogP contribution in [0.25, 0.3) is 0 Å². The first-order valence-corrected chi connectivity index (χ1v) is 9.61. The zero-order valence-electron chi connectivity index (χ0n) is 16.7. The number of hydrogen-bond acceptors (Lipinski definition) is 6. The molecule has 0 aliphatic rings. The van der Waals surface area contributed by atoms with Crippen LogP contribution in [0.3, 0.4) is 0 Å². The minimum absolute atomic E-state index is 0.0235. The van der Waals surface area contributed by atoms with Crippen molar-refractivity contribution in [3.63, 3.8) is 0 Å². The molecule has 1 aromatic heterocycles. The van der Waals surface area contributed by atoms with E-state index in [1.54, 1.807) is 36.4 Å². The predicted octanol–water partition coefficient (Wildman–Crippen LogP) is 6.03. The highest BCUT2D eigenvalue weighted by atomic mass is 19.4. The summed E-state index contributed by atoms with van der Waals surface area (Å²) in [6, 6.07) is 15.1. The van der Waals surface area contributed by atoms with E-state index in [-0.39, 0.29) is 17.2 Å². The number of rotatable bonds is 8. The SMILES string of the molecule is CCCCOc1ccc(Nc2ncc(C(F)(F)F)c(Nc3ccccc3C#N)n2)cc1. The number of nitrogens with one attached hydrogen (secondary N) is 2. The third kappa shape index (κ3) is 5.85. The van der Waals surface area contributed by atoms with Crippen LogP contribution in [0.1, 0.15) is 30.9 Å². The molecule has 3 aromatic rings. The summed E-state index contributed by atoms with van der Waals surface area (Å²) >= 11 is 0. The highest BCUT2D eigenvalue weighted by Gasteiger charge is 2.35. The zero-order chi connectivity index (χ0) is 22.3. The molecule has 0 aliphatic carbocycles. The van der Waals surface area contributed by atoms with E-state index in [2.05, 4.69) is 27.5 Å². The Balaban J connectivity index is 1.84. The fourth-order valence-corrected chi connectivity index (χ4v) is 2.66. The van der Waals surface area contributed by atoms with Crippen LogP contribution in [0.2, 0.25) is 0 Å². The number of nitriles is 1. The van der Waals surface area contributed by atoms with Gasteiger partial charge in [0, 0.05) is 11.9 Å². The summed E-state index contributed by atoms with van der Waals surface area (Å²) in [6.45, 7) is 2.69. The number of halogens is 3. The van der Waals surface area contributed by atoms with E-state index in [4.69, 9.17) is 4.74 Å². The minimum atomic E-state index is -4.67. The molecule has 0 radical (unpaired) electrons. The van der Waals surface area contributed by atoms with E-state index in [1.165, 1.54) is 12.1 Å². The van der Waals surface area contributed by atoms with E-state index in [1.807, 2.05) is 6.07 Å². The number of aromatic nitrogens is 2. The number of ether oxygens (including phenoxy) is 1. The van der Waals surface area contributed by atoms with Gasteiger partial charge in [-0.15, -0.1) is 0 Å². The first-order valence-electron chi connectivity index (χ1n) is 9.61. The van der Waals surface area contributed by atoms with Crippen LogP contribution in [0.15, 0.2) is 54.7 Å². The molecule has 3 rings (SSSR count). The van der Waals surface area contributed by atoms with E-state index in [0.717, 1.165) is 12.8 Å². The first kappa shape index (κ1) is 21.9. The van der Waals surface area contributed by atoms with E-state index in [9.17, 15) is 18.4 Å². The zero-order valence-corrected chi connectivity index (χ0v) is 16.7. The molecule has 9 heteroatoms. The largest absolute Gasteiger partial charge is 0.494 e. The van der Waals surface area contributed by atoms with Gasteiger partial charge in [-0.1, -0.05) is 25.5 Å². The van der Waals surface area contributed by atoms with Crippen molar-refractivity contribution >= 4 is 23.1 Å². The molecule has 0 saturated carbocycles. The monoisotopic (exact) mass is 427 g/mol. The molecule has 0 bridgehead atoms. The lowest BCUT2D eigenvalue weighted by Gasteiger charge is -2.15. The molecule has 0 aliphatic heterocycles. The van der Waals surface area contributed by atoms with Crippen LogP contribution < -0.4 is 15.4 Å². The number of anilines is 4. The quantitative estimate of drug-likeness (QED) is 0.427. The van der Waals surface area contributed by atoms with Crippen molar-refractivity contribution < 1.29 is 17.9 Å². The van der Waals surface area contributed by atoms with Crippen molar-refractivity contribution in [1.29, 1.82) is 5.26 Å². The summed E-state index contributed by atoms with van der Waals surface area (Å²) < 4.78 is 45.9. The third-order valence-corrected chi connectivity index (χ3v) is 4.27. The van der Waals surface area contributed by atoms with Gasteiger partial charge in [-0.3, -0.25) is 0 Å². The van der Waals surface area contributed by atoms with Crippen LogP contribution in [0, 0.1) is 11.3 Å². The Hall–Kier alpha value is -3.80. The van der Waals surface area contributed by atoms with Gasteiger partial charge in [-0.2, -0.15) is 23.4 Å². The predicted molar refractivity (Wildman–Crippen MR) is 112 cm³/mol. The molecule has 0 spiro atoms. The minimum Gasteiger partial charge on any atom is -0.494 e. The summed E-state index contributed by atoms with van der Waals surface area (Å²) in [7, 11) is 0. The fourth-order valence-electron chi connectivity index (χ4n) is 2.66. The second-order valence-electron chi connectivity index (χ2n) is 6.59. The van der Waals surface area contributed by atoms with Crippen molar-refractivity contribution in [2.24, 2.45) is 0 Å². The van der Waals surface area contributed by atoms with Crippen LogP contribution >= 0.6 is 0 Å². The van der Waals surface area contributed by atoms with Crippen LogP contribution in [0.5, 0.6) is 5.75 Å². The summed E-state index contributed by atoms with van der Waals surface area (Å²) in [5.74, 6) is 0.222. The van der Waals surface area contributed by atoms with Gasteiger partial charge in [-0.25, -0.2) is 4.98 Å². The standard InChI is InChI=1S/C22H20F3N5O/c1-2-3-12-31-17-10-8-16(9-11-17)28-21-27-14-18(22(23,24)25)20(30-21)29-19-7-5-4-6-15(19)13-26/h4-11,14H,2-3,12H2,1H3,(H2,27,28,29,30). The number of alkyl halides is 3. The summed E-state index contributed by atoms with van der Waals surface area (Å²) in [5, 5.41) is 14.7. The molecule has 6 nitrogen and oxygen atoms in total. The van der Waals surface area contributed by atoms with Gasteiger partial charge in [0.05, 0.1) is 17.9 Å². The molecule has 2 N–H and O–H groups in total. The van der Waals surface area contributed by atoms with E-state index in [0.29, 0.717) is 24.2 Å². The smallest absolute Gasteiger partial charge is 0.421 e. The lowest BCUT2D eigenvalue weighted by atomic mass is 10.2. The molecular formula is C22H20F3N5O. The van der Waals surface area contributed by atoms with Crippen LogP contribution in [-0.2, 0) is 6.18 Å². The normalized spacial score (nSPS) is 10.9. The topological polar surface area (TPSA) is 82.9 Å². The summed E-state index contributed by atoms with van der Waals surface area (Å²) in [5.41, 5.74) is -0.0346. The van der Waals surface area contributed by atoms with E-state index < -0.39 is 17.6 Å². The Bertz CT molecular complexity index is 1060. The van der Waals surface area contributed by atoms with Crippen LogP contribution in [0.4, 0.5) is 36.3 Å². The number of nitrogens with zero attached hydrogens (tertiary/aromatic N) is 3. The second kappa shape index (κ2) is 9.80. The molecule has 2 aromatic carbocycles. The Morgan fingerprint density at radius 2 is 1.81 bits per heavy atom. The van der Waals surface area contributed by atoms with Crippen LogP contribution in [-0.4, -0.2) is 16.6 Å². The summed E-state index contributed by atoms with van der Waals surface area (Å²) in [4.78, 5) is 7.78. The van der Waals surface area contributed by atoms with Crippen molar-refractivity contribution in [3.8, 4) is 11.8 Å². The van der Waals surface area contributed by atoms with Gasteiger partial charge in [0.2, 0.25) is 5.95 Å². The molecule has 160 valence electrons. The molecule has 0 unspecified atom stereocenters. The number of para-hydroxylation sites is 1. The highest BCUT2D eigenvalue weighted by molar-refractivity contribution is 5.67. The molecule has 1 heterocycles. The van der Waals surface area contributed by atoms with Gasteiger partial charge in [0.25, 0.3) is 0 Å². The van der Waals surface area contributed by atoms with Crippen molar-refractivity contribution in [3.05, 3.63) is 65.9 Å². The lowest BCUT2D eigenvalue weighted by Crippen LogP contribution is -2.13. The third-order valence-electron chi connectivity index (χ3n) is 4.27. The maximum absolute atomic E-state index is 13.4. The van der Waals surface area contributed by atoms with Crippen molar-refractivity contribution in [2.75, 3.05) is 17.2 Å². The molecule has 0 amide bonds. The molecule has 0 atom stereocenters. The highest BCUT2D eigenvalue weighted by Crippen LogP contribution is 2.35. The average molecular weight is 427 g/mol. The Kier molecular flexibility index (Phi) is 6.92. The second-order valence-corrected chi connectivity index (χ2v) is 6.59. The maximum Gasteiger partial charge on any atom is 0.421 e. The summed E-state index contributed by atoms with van der Waals surface area (Å²) in [6.07, 6.45) is -1.99. The van der Waals surface area contributed by atoms with Gasteiger partial charge in [0.15, 0.2) is 0 Å². The van der Waals surface area contributed by atoms with Gasteiger partial charge in [-0.05, 0) is 42.8 Å². The van der Waals surface area contributed by atoms with E-state index >= 15 is 0 Å². The number of hydrogen-bond donors (Lipinski definition) is 2. The molecule has 31 heavy (non-hydrogen) atoms. The Labute approximate surface area is 177 Å². The van der Waals surface area contributed by atoms with Gasteiger partial charge in [0.1, 0.15) is 23.2 Å². The van der Waals surface area contributed by atoms with Gasteiger partial charge < -0.3 is 15.4 Å². The van der Waals surface area contributed by atoms with Crippen molar-refractivity contribution in [2.45, 2.75) is 25.9 Å². The maximum atomic E-state index is 13.4. The lowest BCUT2D eigenvalue weighted by molar-refractivity contribution is -0.137. The fraction of sp³-hybridized carbons (Fsp3) is 0.227. The molecule has 0 saturated heterocycles. The molecular weight excluding hydrogens is 407 g/mol. The number of benzene rings is 2. The Morgan fingerprint density at radius 3 is 2.48 bits per heavy atom. The van der Waals surface area contributed by atoms with Crippen molar-refractivity contribution in [1.82, 2.24) is 9.97 Å².